The Bertz CT molecular complexity index is 340. The fraction of sp³-hybridized carbons (Fsp3) is 0.846. The number of carbonyl (C=O) groups is 2. The van der Waals surface area contributed by atoms with E-state index in [2.05, 4.69) is 11.6 Å². The summed E-state index contributed by atoms with van der Waals surface area (Å²) in [5, 5.41) is 2.74. The summed E-state index contributed by atoms with van der Waals surface area (Å²) < 4.78 is 0.225. The first-order valence-corrected chi connectivity index (χ1v) is 7.92. The lowest BCUT2D eigenvalue weighted by molar-refractivity contribution is -0.133. The summed E-state index contributed by atoms with van der Waals surface area (Å²) >= 11 is 1.89. The molecule has 2 amide bonds. The van der Waals surface area contributed by atoms with Gasteiger partial charge < -0.3 is 10.2 Å². The lowest BCUT2D eigenvalue weighted by atomic mass is 10.1. The number of hydrogen-bond donors (Lipinski definition) is 1. The standard InChI is InChI=1S/C13H22N2O2S/c1-10-12(17)15(8-5-11(16)14-10)9-13(18-2)6-3-4-7-13/h10H,3-9H2,1-2H3,(H,14,16). The molecule has 0 bridgehead atoms. The Morgan fingerprint density at radius 3 is 2.67 bits per heavy atom. The first kappa shape index (κ1) is 13.7. The molecule has 0 aromatic heterocycles. The van der Waals surface area contributed by atoms with Gasteiger partial charge in [-0.15, -0.1) is 0 Å². The molecule has 0 aromatic carbocycles. The monoisotopic (exact) mass is 270 g/mol. The van der Waals surface area contributed by atoms with Gasteiger partial charge in [0.1, 0.15) is 6.04 Å². The third-order valence-electron chi connectivity index (χ3n) is 4.10. The van der Waals surface area contributed by atoms with Gasteiger partial charge in [-0.25, -0.2) is 0 Å². The van der Waals surface area contributed by atoms with Gasteiger partial charge in [0.05, 0.1) is 0 Å². The molecule has 1 saturated heterocycles. The lowest BCUT2D eigenvalue weighted by Gasteiger charge is -2.34. The Balaban J connectivity index is 2.06. The molecule has 2 aliphatic rings. The van der Waals surface area contributed by atoms with E-state index < -0.39 is 0 Å². The van der Waals surface area contributed by atoms with Crippen molar-refractivity contribution in [2.75, 3.05) is 19.3 Å². The van der Waals surface area contributed by atoms with Crippen LogP contribution < -0.4 is 5.32 Å². The maximum Gasteiger partial charge on any atom is 0.244 e. The fourth-order valence-electron chi connectivity index (χ4n) is 2.95. The predicted molar refractivity (Wildman–Crippen MR) is 73.5 cm³/mol. The zero-order valence-corrected chi connectivity index (χ0v) is 12.0. The molecular formula is C13H22N2O2S. The van der Waals surface area contributed by atoms with Crippen LogP contribution in [0.2, 0.25) is 0 Å². The molecule has 4 nitrogen and oxygen atoms in total. The molecule has 1 aliphatic carbocycles. The number of nitrogens with one attached hydrogen (secondary N) is 1. The Hall–Kier alpha value is -0.710. The maximum atomic E-state index is 12.2. The normalized spacial score (nSPS) is 28.1. The quantitative estimate of drug-likeness (QED) is 0.843. The van der Waals surface area contributed by atoms with Crippen molar-refractivity contribution < 1.29 is 9.59 Å². The highest BCUT2D eigenvalue weighted by atomic mass is 32.2. The second-order valence-corrected chi connectivity index (χ2v) is 6.67. The van der Waals surface area contributed by atoms with Crippen molar-refractivity contribution in [3.63, 3.8) is 0 Å². The molecule has 0 aromatic rings. The van der Waals surface area contributed by atoms with E-state index in [-0.39, 0.29) is 22.6 Å². The van der Waals surface area contributed by atoms with E-state index in [1.165, 1.54) is 25.7 Å². The number of thioether (sulfide) groups is 1. The molecule has 18 heavy (non-hydrogen) atoms. The van der Waals surface area contributed by atoms with Crippen LogP contribution in [0.4, 0.5) is 0 Å². The zero-order chi connectivity index (χ0) is 13.2. The van der Waals surface area contributed by atoms with Gasteiger partial charge in [-0.2, -0.15) is 11.8 Å². The average Bonchev–Trinajstić information content (AvgIpc) is 2.78. The molecule has 0 spiro atoms. The second kappa shape index (κ2) is 5.51. The van der Waals surface area contributed by atoms with Crippen molar-refractivity contribution in [3.05, 3.63) is 0 Å². The molecule has 102 valence electrons. The first-order chi connectivity index (χ1) is 8.56. The summed E-state index contributed by atoms with van der Waals surface area (Å²) in [4.78, 5) is 25.6. The van der Waals surface area contributed by atoms with Crippen LogP contribution >= 0.6 is 11.8 Å². The minimum absolute atomic E-state index is 0.0111. The Morgan fingerprint density at radius 2 is 2.06 bits per heavy atom. The van der Waals surface area contributed by atoms with Gasteiger partial charge in [-0.1, -0.05) is 12.8 Å². The number of amides is 2. The van der Waals surface area contributed by atoms with Crippen molar-refractivity contribution in [2.24, 2.45) is 0 Å². The topological polar surface area (TPSA) is 49.4 Å². The third kappa shape index (κ3) is 2.82. The summed E-state index contributed by atoms with van der Waals surface area (Å²) in [6, 6.07) is -0.375. The van der Waals surface area contributed by atoms with E-state index in [1.807, 2.05) is 16.7 Å². The molecule has 1 saturated carbocycles. The average molecular weight is 270 g/mol. The van der Waals surface area contributed by atoms with Gasteiger partial charge in [-0.05, 0) is 26.0 Å². The van der Waals surface area contributed by atoms with Crippen LogP contribution in [0, 0.1) is 0 Å². The second-order valence-electron chi connectivity index (χ2n) is 5.39. The predicted octanol–water partition coefficient (Wildman–Crippen LogP) is 1.40. The van der Waals surface area contributed by atoms with Gasteiger partial charge in [0.2, 0.25) is 11.8 Å². The summed E-state index contributed by atoms with van der Waals surface area (Å²) in [6.07, 6.45) is 7.47. The Morgan fingerprint density at radius 1 is 1.39 bits per heavy atom. The largest absolute Gasteiger partial charge is 0.345 e. The van der Waals surface area contributed by atoms with Gasteiger partial charge in [0.25, 0.3) is 0 Å². The molecule has 2 rings (SSSR count). The summed E-state index contributed by atoms with van der Waals surface area (Å²) in [5.41, 5.74) is 0. The molecule has 1 heterocycles. The van der Waals surface area contributed by atoms with Crippen LogP contribution in [0.5, 0.6) is 0 Å². The smallest absolute Gasteiger partial charge is 0.244 e. The molecule has 2 fully saturated rings. The lowest BCUT2D eigenvalue weighted by Crippen LogP contribution is -2.47. The van der Waals surface area contributed by atoms with Crippen molar-refractivity contribution >= 4 is 23.6 Å². The first-order valence-electron chi connectivity index (χ1n) is 6.70. The highest BCUT2D eigenvalue weighted by Crippen LogP contribution is 2.41. The molecule has 5 heteroatoms. The zero-order valence-electron chi connectivity index (χ0n) is 11.2. The number of rotatable bonds is 3. The molecular weight excluding hydrogens is 248 g/mol. The summed E-state index contributed by atoms with van der Waals surface area (Å²) in [5.74, 6) is 0.0594. The number of nitrogens with zero attached hydrogens (tertiary/aromatic N) is 1. The number of carbonyl (C=O) groups excluding carboxylic acids is 2. The fourth-order valence-corrected chi connectivity index (χ4v) is 3.93. The Kier molecular flexibility index (Phi) is 4.20. The van der Waals surface area contributed by atoms with Crippen molar-refractivity contribution in [3.8, 4) is 0 Å². The van der Waals surface area contributed by atoms with Crippen molar-refractivity contribution in [2.45, 2.75) is 49.8 Å². The maximum absolute atomic E-state index is 12.2. The third-order valence-corrected chi connectivity index (χ3v) is 5.50. The van der Waals surface area contributed by atoms with Gasteiger partial charge in [0.15, 0.2) is 0 Å². The van der Waals surface area contributed by atoms with Crippen molar-refractivity contribution in [1.29, 1.82) is 0 Å². The van der Waals surface area contributed by atoms with Crippen LogP contribution in [-0.2, 0) is 9.59 Å². The molecule has 1 N–H and O–H groups in total. The highest BCUT2D eigenvalue weighted by Gasteiger charge is 2.37. The van der Waals surface area contributed by atoms with Crippen LogP contribution in [0.1, 0.15) is 39.0 Å². The van der Waals surface area contributed by atoms with E-state index >= 15 is 0 Å². The molecule has 0 radical (unpaired) electrons. The van der Waals surface area contributed by atoms with Gasteiger partial charge >= 0.3 is 0 Å². The van der Waals surface area contributed by atoms with E-state index in [0.717, 1.165) is 6.54 Å². The van der Waals surface area contributed by atoms with E-state index in [0.29, 0.717) is 13.0 Å². The van der Waals surface area contributed by atoms with Crippen LogP contribution in [0.25, 0.3) is 0 Å². The summed E-state index contributed by atoms with van der Waals surface area (Å²) in [6.45, 7) is 3.14. The minimum atomic E-state index is -0.375. The van der Waals surface area contributed by atoms with Crippen LogP contribution in [0.3, 0.4) is 0 Å². The van der Waals surface area contributed by atoms with Gasteiger partial charge in [-0.3, -0.25) is 9.59 Å². The Labute approximate surface area is 113 Å². The SMILES string of the molecule is CSC1(CN2CCC(=O)NC(C)C2=O)CCCC1. The van der Waals surface area contributed by atoms with Crippen molar-refractivity contribution in [1.82, 2.24) is 10.2 Å². The molecule has 1 atom stereocenters. The van der Waals surface area contributed by atoms with Crippen LogP contribution in [0.15, 0.2) is 0 Å². The van der Waals surface area contributed by atoms with E-state index in [1.54, 1.807) is 6.92 Å². The number of hydrogen-bond acceptors (Lipinski definition) is 3. The molecule has 1 unspecified atom stereocenters. The van der Waals surface area contributed by atoms with Gasteiger partial charge in [0, 0.05) is 24.3 Å². The molecule has 1 aliphatic heterocycles. The van der Waals surface area contributed by atoms with E-state index in [9.17, 15) is 9.59 Å². The highest BCUT2D eigenvalue weighted by molar-refractivity contribution is 8.00. The van der Waals surface area contributed by atoms with E-state index in [4.69, 9.17) is 0 Å². The summed E-state index contributed by atoms with van der Waals surface area (Å²) in [7, 11) is 0. The minimum Gasteiger partial charge on any atom is -0.345 e. The van der Waals surface area contributed by atoms with Crippen LogP contribution in [-0.4, -0.2) is 46.8 Å².